The molecule has 0 saturated heterocycles. The van der Waals surface area contributed by atoms with Gasteiger partial charge >= 0.3 is 12.2 Å². The minimum Gasteiger partial charge on any atom is -0.478 e. The van der Waals surface area contributed by atoms with Crippen LogP contribution in [0.5, 0.6) is 11.6 Å². The predicted octanol–water partition coefficient (Wildman–Crippen LogP) is 3.22. The van der Waals surface area contributed by atoms with Crippen molar-refractivity contribution in [1.82, 2.24) is 9.97 Å². The number of imide groups is 1. The monoisotopic (exact) mass is 343 g/mol. The zero-order chi connectivity index (χ0) is 18.0. The molecule has 128 valence electrons. The van der Waals surface area contributed by atoms with Crippen molar-refractivity contribution in [2.45, 2.75) is 6.92 Å². The molecule has 9 heteroatoms. The lowest BCUT2D eigenvalue weighted by Crippen LogP contribution is -2.39. The highest BCUT2D eigenvalue weighted by Crippen LogP contribution is 2.29. The highest BCUT2D eigenvalue weighted by atomic mass is 16.6. The molecule has 0 aliphatic heterocycles. The zero-order valence-electron chi connectivity index (χ0n) is 13.3. The molecule has 1 aromatic carbocycles. The van der Waals surface area contributed by atoms with Gasteiger partial charge in [-0.05, 0) is 19.1 Å². The van der Waals surface area contributed by atoms with Gasteiger partial charge in [0.1, 0.15) is 17.0 Å². The van der Waals surface area contributed by atoms with E-state index in [-0.39, 0.29) is 28.7 Å². The molecule has 25 heavy (non-hydrogen) atoms. The van der Waals surface area contributed by atoms with Gasteiger partial charge < -0.3 is 19.0 Å². The van der Waals surface area contributed by atoms with Crippen molar-refractivity contribution in [1.29, 1.82) is 0 Å². The molecule has 3 aromatic rings. The molecule has 0 aliphatic rings. The molecule has 0 saturated carbocycles. The number of hydrogen-bond acceptors (Lipinski definition) is 7. The quantitative estimate of drug-likeness (QED) is 0.770. The van der Waals surface area contributed by atoms with Crippen LogP contribution >= 0.6 is 0 Å². The van der Waals surface area contributed by atoms with Crippen LogP contribution < -0.4 is 14.4 Å². The molecule has 0 radical (unpaired) electrons. The molecule has 2 amide bonds. The van der Waals surface area contributed by atoms with Crippen molar-refractivity contribution in [3.63, 3.8) is 0 Å². The van der Waals surface area contributed by atoms with Crippen LogP contribution in [-0.4, -0.2) is 34.4 Å². The van der Waals surface area contributed by atoms with Crippen molar-refractivity contribution >= 4 is 29.2 Å². The molecule has 0 fully saturated rings. The van der Waals surface area contributed by atoms with E-state index in [9.17, 15) is 14.7 Å². The number of hydrogen-bond donors (Lipinski definition) is 1. The first-order chi connectivity index (χ1) is 12.0. The number of anilines is 1. The van der Waals surface area contributed by atoms with Crippen LogP contribution in [0, 0.1) is 6.92 Å². The molecule has 0 atom stereocenters. The average Bonchev–Trinajstić information content (AvgIpc) is 2.93. The Bertz CT molecular complexity index is 938. The maximum absolute atomic E-state index is 12.3. The third-order valence-corrected chi connectivity index (χ3v) is 3.16. The maximum atomic E-state index is 12.3. The van der Waals surface area contributed by atoms with E-state index in [2.05, 4.69) is 9.97 Å². The topological polar surface area (TPSA) is 115 Å². The predicted molar refractivity (Wildman–Crippen MR) is 86.1 cm³/mol. The normalized spacial score (nSPS) is 10.5. The Kier molecular flexibility index (Phi) is 4.21. The van der Waals surface area contributed by atoms with Gasteiger partial charge in [-0.2, -0.15) is 9.88 Å². The number of carbonyl (C=O) groups excluding carboxylic acids is 1. The molecule has 3 rings (SSSR count). The van der Waals surface area contributed by atoms with Gasteiger partial charge in [0, 0.05) is 6.07 Å². The van der Waals surface area contributed by atoms with E-state index >= 15 is 0 Å². The Hall–Kier alpha value is -3.62. The number of fused-ring (bicyclic) bond motifs is 1. The summed E-state index contributed by atoms with van der Waals surface area (Å²) in [6.07, 6.45) is -2.75. The van der Waals surface area contributed by atoms with E-state index in [0.29, 0.717) is 10.7 Å². The zero-order valence-corrected chi connectivity index (χ0v) is 13.3. The summed E-state index contributed by atoms with van der Waals surface area (Å²) >= 11 is 0. The Balaban J connectivity index is 2.03. The lowest BCUT2D eigenvalue weighted by Gasteiger charge is -2.17. The second-order valence-electron chi connectivity index (χ2n) is 4.90. The molecular formula is C16H13N3O6. The summed E-state index contributed by atoms with van der Waals surface area (Å²) in [4.78, 5) is 32.4. The van der Waals surface area contributed by atoms with Crippen molar-refractivity contribution in [3.8, 4) is 11.6 Å². The van der Waals surface area contributed by atoms with E-state index in [1.807, 2.05) is 0 Å². The SMILES string of the molecule is COc1nc2oc(C)cc2nc1N(C(=O)O)C(=O)Oc1ccccc1. The number of para-hydroxylation sites is 1. The van der Waals surface area contributed by atoms with E-state index in [0.717, 1.165) is 0 Å². The van der Waals surface area contributed by atoms with Crippen LogP contribution in [0.1, 0.15) is 5.76 Å². The molecule has 9 nitrogen and oxygen atoms in total. The molecule has 1 N–H and O–H groups in total. The molecule has 0 aliphatic carbocycles. The van der Waals surface area contributed by atoms with Crippen LogP contribution in [0.3, 0.4) is 0 Å². The number of nitrogens with zero attached hydrogens (tertiary/aromatic N) is 3. The van der Waals surface area contributed by atoms with Gasteiger partial charge in [0.2, 0.25) is 11.5 Å². The number of furan rings is 1. The number of benzene rings is 1. The molecule has 2 aromatic heterocycles. The van der Waals surface area contributed by atoms with Crippen molar-refractivity contribution < 1.29 is 28.6 Å². The number of carboxylic acid groups (broad SMARTS) is 1. The van der Waals surface area contributed by atoms with E-state index < -0.39 is 12.2 Å². The highest BCUT2D eigenvalue weighted by Gasteiger charge is 2.31. The van der Waals surface area contributed by atoms with Gasteiger partial charge in [0.15, 0.2) is 0 Å². The summed E-state index contributed by atoms with van der Waals surface area (Å²) < 4.78 is 15.4. The van der Waals surface area contributed by atoms with Crippen molar-refractivity contribution in [3.05, 3.63) is 42.2 Å². The molecule has 2 heterocycles. The summed E-state index contributed by atoms with van der Waals surface area (Å²) in [5.74, 6) is 0.215. The van der Waals surface area contributed by atoms with Gasteiger partial charge in [-0.15, -0.1) is 0 Å². The molecule has 0 bridgehead atoms. The van der Waals surface area contributed by atoms with Gasteiger partial charge in [0.05, 0.1) is 7.11 Å². The number of ether oxygens (including phenoxy) is 2. The average molecular weight is 343 g/mol. The lowest BCUT2D eigenvalue weighted by atomic mass is 10.3. The third-order valence-electron chi connectivity index (χ3n) is 3.16. The standard InChI is InChI=1S/C16H13N3O6/c1-9-8-11-13(24-9)18-14(23-2)12(17-11)19(15(20)21)16(22)25-10-6-4-3-5-7-10/h3-8H,1-2H3,(H,20,21). The van der Waals surface area contributed by atoms with Crippen LogP contribution in [0.15, 0.2) is 40.8 Å². The number of carbonyl (C=O) groups is 2. The second kappa shape index (κ2) is 6.48. The van der Waals surface area contributed by atoms with Gasteiger partial charge in [0.25, 0.3) is 5.88 Å². The minimum atomic E-state index is -1.59. The Morgan fingerprint density at radius 1 is 1.20 bits per heavy atom. The third kappa shape index (κ3) is 3.20. The Morgan fingerprint density at radius 3 is 2.56 bits per heavy atom. The first-order valence-corrected chi connectivity index (χ1v) is 7.11. The fourth-order valence-corrected chi connectivity index (χ4v) is 2.13. The number of rotatable bonds is 3. The smallest absolute Gasteiger partial charge is 0.430 e. The second-order valence-corrected chi connectivity index (χ2v) is 4.90. The first kappa shape index (κ1) is 16.2. The fraction of sp³-hybridized carbons (Fsp3) is 0.125. The summed E-state index contributed by atoms with van der Waals surface area (Å²) in [6.45, 7) is 1.69. The fourth-order valence-electron chi connectivity index (χ4n) is 2.13. The summed E-state index contributed by atoms with van der Waals surface area (Å²) in [6, 6.07) is 9.62. The van der Waals surface area contributed by atoms with E-state index in [1.165, 1.54) is 19.2 Å². The molecule has 0 spiro atoms. The minimum absolute atomic E-state index is 0.167. The number of aromatic nitrogens is 2. The van der Waals surface area contributed by atoms with Crippen molar-refractivity contribution in [2.75, 3.05) is 12.0 Å². The Morgan fingerprint density at radius 2 is 1.92 bits per heavy atom. The Labute approximate surface area is 141 Å². The largest absolute Gasteiger partial charge is 0.478 e. The number of methoxy groups -OCH3 is 1. The molecule has 0 unspecified atom stereocenters. The van der Waals surface area contributed by atoms with Gasteiger partial charge in [-0.1, -0.05) is 18.2 Å². The van der Waals surface area contributed by atoms with E-state index in [4.69, 9.17) is 13.9 Å². The van der Waals surface area contributed by atoms with Crippen LogP contribution in [0.25, 0.3) is 11.2 Å². The molecular weight excluding hydrogens is 330 g/mol. The van der Waals surface area contributed by atoms with Crippen LogP contribution in [-0.2, 0) is 0 Å². The van der Waals surface area contributed by atoms with Gasteiger partial charge in [-0.3, -0.25) is 0 Å². The number of amides is 2. The van der Waals surface area contributed by atoms with Gasteiger partial charge in [-0.25, -0.2) is 14.6 Å². The highest BCUT2D eigenvalue weighted by molar-refractivity contribution is 6.09. The summed E-state index contributed by atoms with van der Waals surface area (Å²) in [5, 5.41) is 9.45. The van der Waals surface area contributed by atoms with E-state index in [1.54, 1.807) is 31.2 Å². The van der Waals surface area contributed by atoms with Crippen LogP contribution in [0.2, 0.25) is 0 Å². The summed E-state index contributed by atoms with van der Waals surface area (Å²) in [5.41, 5.74) is 0.451. The summed E-state index contributed by atoms with van der Waals surface area (Å²) in [7, 11) is 1.28. The maximum Gasteiger partial charge on any atom is 0.430 e. The number of aryl methyl sites for hydroxylation is 1. The lowest BCUT2D eigenvalue weighted by molar-refractivity contribution is 0.186. The van der Waals surface area contributed by atoms with Crippen molar-refractivity contribution in [2.24, 2.45) is 0 Å². The first-order valence-electron chi connectivity index (χ1n) is 7.11. The van der Waals surface area contributed by atoms with Crippen LogP contribution in [0.4, 0.5) is 15.4 Å².